The zero-order valence-electron chi connectivity index (χ0n) is 5.62. The van der Waals surface area contributed by atoms with Crippen molar-refractivity contribution in [1.82, 2.24) is 5.16 Å². The molecule has 4 nitrogen and oxygen atoms in total. The molecule has 0 N–H and O–H groups in total. The molecular formula is C6H2Br2N2O2. The molecule has 0 radical (unpaired) electrons. The summed E-state index contributed by atoms with van der Waals surface area (Å²) in [7, 11) is 0. The van der Waals surface area contributed by atoms with Crippen molar-refractivity contribution in [3.63, 3.8) is 0 Å². The minimum Gasteiger partial charge on any atom is -0.359 e. The highest BCUT2D eigenvalue weighted by Crippen LogP contribution is 2.28. The predicted octanol–water partition coefficient (Wildman–Crippen LogP) is 1.99. The molecule has 0 saturated heterocycles. The number of nitrogens with zero attached hydrogens (tertiary/aromatic N) is 2. The van der Waals surface area contributed by atoms with Crippen LogP contribution < -0.4 is 4.90 Å². The molecule has 1 aromatic heterocycles. The molecule has 2 rings (SSSR count). The molecule has 1 aromatic carbocycles. The topological polar surface area (TPSA) is 53.0 Å². The van der Waals surface area contributed by atoms with Crippen molar-refractivity contribution in [2.24, 2.45) is 0 Å². The van der Waals surface area contributed by atoms with E-state index in [-0.39, 0.29) is 0 Å². The molecule has 62 valence electrons. The monoisotopic (exact) mass is 292 g/mol. The van der Waals surface area contributed by atoms with Gasteiger partial charge in [-0.1, -0.05) is 0 Å². The van der Waals surface area contributed by atoms with E-state index in [2.05, 4.69) is 41.6 Å². The van der Waals surface area contributed by atoms with E-state index in [0.29, 0.717) is 15.9 Å². The van der Waals surface area contributed by atoms with Crippen LogP contribution in [0.15, 0.2) is 25.7 Å². The van der Waals surface area contributed by atoms with Gasteiger partial charge >= 0.3 is 0 Å². The van der Waals surface area contributed by atoms with E-state index < -0.39 is 0 Å². The van der Waals surface area contributed by atoms with Gasteiger partial charge in [-0.2, -0.15) is 0 Å². The van der Waals surface area contributed by atoms with E-state index in [1.165, 1.54) is 0 Å². The standard InChI is InChI=1S/C6H2Br2N2O2/c7-3-1-2-4-6(5(3)8)9-12-10(4)11/h1-2H. The van der Waals surface area contributed by atoms with Gasteiger partial charge in [-0.05, 0) is 48.9 Å². The first kappa shape index (κ1) is 8.00. The molecule has 1 heterocycles. The van der Waals surface area contributed by atoms with Crippen molar-refractivity contribution < 1.29 is 9.53 Å². The quantitative estimate of drug-likeness (QED) is 0.698. The fraction of sp³-hybridized carbons (Fsp3) is 0. The summed E-state index contributed by atoms with van der Waals surface area (Å²) >= 11 is 6.56. The van der Waals surface area contributed by atoms with Gasteiger partial charge in [0.25, 0.3) is 5.52 Å². The highest BCUT2D eigenvalue weighted by atomic mass is 79.9. The average molecular weight is 294 g/mol. The summed E-state index contributed by atoms with van der Waals surface area (Å²) in [4.78, 5) is 0.368. The number of benzene rings is 1. The van der Waals surface area contributed by atoms with Crippen LogP contribution in [-0.2, 0) is 0 Å². The average Bonchev–Trinajstić information content (AvgIpc) is 2.41. The Bertz CT molecular complexity index is 440. The molecule has 0 aliphatic heterocycles. The molecule has 0 amide bonds. The zero-order valence-corrected chi connectivity index (χ0v) is 8.79. The summed E-state index contributed by atoms with van der Waals surface area (Å²) < 4.78 is 5.97. The van der Waals surface area contributed by atoms with Crippen molar-refractivity contribution in [2.75, 3.05) is 0 Å². The molecule has 0 unspecified atom stereocenters. The molecule has 12 heavy (non-hydrogen) atoms. The predicted molar refractivity (Wildman–Crippen MR) is 48.4 cm³/mol. The smallest absolute Gasteiger partial charge is 0.263 e. The second-order valence-electron chi connectivity index (χ2n) is 2.16. The van der Waals surface area contributed by atoms with E-state index in [0.717, 1.165) is 8.95 Å². The SMILES string of the molecule is [O-][n+]1onc2c(Br)c(Br)ccc21. The summed E-state index contributed by atoms with van der Waals surface area (Å²) in [6.07, 6.45) is 0. The van der Waals surface area contributed by atoms with Gasteiger partial charge < -0.3 is 5.21 Å². The lowest BCUT2D eigenvalue weighted by Gasteiger charge is -1.90. The van der Waals surface area contributed by atoms with Gasteiger partial charge in [0.2, 0.25) is 5.52 Å². The maximum atomic E-state index is 10.9. The first-order chi connectivity index (χ1) is 5.70. The van der Waals surface area contributed by atoms with Crippen molar-refractivity contribution >= 4 is 42.9 Å². The number of rotatable bonds is 0. The third-order valence-corrected chi connectivity index (χ3v) is 3.45. The molecule has 0 aliphatic carbocycles. The van der Waals surface area contributed by atoms with E-state index >= 15 is 0 Å². The second kappa shape index (κ2) is 2.70. The van der Waals surface area contributed by atoms with Gasteiger partial charge in [0.15, 0.2) is 0 Å². The van der Waals surface area contributed by atoms with Crippen LogP contribution in [0.1, 0.15) is 0 Å². The summed E-state index contributed by atoms with van der Waals surface area (Å²) in [6.45, 7) is 0. The van der Waals surface area contributed by atoms with Crippen LogP contribution >= 0.6 is 31.9 Å². The van der Waals surface area contributed by atoms with Crippen molar-refractivity contribution in [1.29, 1.82) is 0 Å². The summed E-state index contributed by atoms with van der Waals surface area (Å²) in [5.41, 5.74) is 0.921. The fourth-order valence-electron chi connectivity index (χ4n) is 0.886. The highest BCUT2D eigenvalue weighted by Gasteiger charge is 2.14. The van der Waals surface area contributed by atoms with Gasteiger partial charge in [-0.3, -0.25) is 4.63 Å². The van der Waals surface area contributed by atoms with Crippen LogP contribution in [0.3, 0.4) is 0 Å². The van der Waals surface area contributed by atoms with E-state index in [1.807, 2.05) is 0 Å². The van der Waals surface area contributed by atoms with Crippen LogP contribution in [0.2, 0.25) is 0 Å². The molecule has 0 aliphatic rings. The number of fused-ring (bicyclic) bond motifs is 1. The number of halogens is 2. The van der Waals surface area contributed by atoms with Crippen molar-refractivity contribution in [2.45, 2.75) is 0 Å². The minimum absolute atomic E-state index is 0.368. The van der Waals surface area contributed by atoms with Crippen molar-refractivity contribution in [3.8, 4) is 0 Å². The zero-order chi connectivity index (χ0) is 8.72. The number of hydrogen-bond donors (Lipinski definition) is 0. The fourth-order valence-corrected chi connectivity index (χ4v) is 1.61. The Morgan fingerprint density at radius 1 is 1.42 bits per heavy atom. The van der Waals surface area contributed by atoms with Crippen LogP contribution in [0, 0.1) is 5.21 Å². The molecule has 2 aromatic rings. The van der Waals surface area contributed by atoms with Crippen molar-refractivity contribution in [3.05, 3.63) is 26.3 Å². The Hall–Kier alpha value is -0.620. The lowest BCUT2D eigenvalue weighted by Crippen LogP contribution is -2.22. The molecule has 6 heteroatoms. The van der Waals surface area contributed by atoms with Gasteiger partial charge in [0.05, 0.1) is 4.47 Å². The largest absolute Gasteiger partial charge is 0.359 e. The Morgan fingerprint density at radius 3 is 2.92 bits per heavy atom. The molecule has 0 spiro atoms. The first-order valence-corrected chi connectivity index (χ1v) is 4.62. The van der Waals surface area contributed by atoms with Crippen LogP contribution in [0.5, 0.6) is 0 Å². The van der Waals surface area contributed by atoms with Gasteiger partial charge in [0, 0.05) is 9.63 Å². The molecular weight excluding hydrogens is 292 g/mol. The Labute approximate surface area is 83.9 Å². The third kappa shape index (κ3) is 1.02. The van der Waals surface area contributed by atoms with E-state index in [4.69, 9.17) is 0 Å². The van der Waals surface area contributed by atoms with Crippen LogP contribution in [0.25, 0.3) is 11.0 Å². The normalized spacial score (nSPS) is 10.8. The number of hydrogen-bond acceptors (Lipinski definition) is 3. The summed E-state index contributed by atoms with van der Waals surface area (Å²) in [5, 5.41) is 14.5. The summed E-state index contributed by atoms with van der Waals surface area (Å²) in [6, 6.07) is 3.38. The Balaban J connectivity index is 2.93. The maximum Gasteiger partial charge on any atom is 0.263 e. The second-order valence-corrected chi connectivity index (χ2v) is 3.81. The van der Waals surface area contributed by atoms with Crippen LogP contribution in [0.4, 0.5) is 0 Å². The van der Waals surface area contributed by atoms with E-state index in [9.17, 15) is 5.21 Å². The lowest BCUT2D eigenvalue weighted by atomic mass is 10.3. The third-order valence-electron chi connectivity index (χ3n) is 1.45. The molecule has 0 saturated carbocycles. The highest BCUT2D eigenvalue weighted by molar-refractivity contribution is 9.13. The van der Waals surface area contributed by atoms with E-state index in [1.54, 1.807) is 12.1 Å². The first-order valence-electron chi connectivity index (χ1n) is 3.03. The molecule has 0 fully saturated rings. The molecule has 0 bridgehead atoms. The number of aromatic nitrogens is 2. The van der Waals surface area contributed by atoms with Gasteiger partial charge in [-0.25, -0.2) is 0 Å². The molecule has 0 atom stereocenters. The van der Waals surface area contributed by atoms with Crippen LogP contribution in [-0.4, -0.2) is 5.16 Å². The summed E-state index contributed by atoms with van der Waals surface area (Å²) in [5.74, 6) is 0. The van der Waals surface area contributed by atoms with Gasteiger partial charge in [0.1, 0.15) is 0 Å². The minimum atomic E-state index is 0.368. The Kier molecular flexibility index (Phi) is 1.80. The maximum absolute atomic E-state index is 10.9. The lowest BCUT2D eigenvalue weighted by molar-refractivity contribution is -0.782. The Morgan fingerprint density at radius 2 is 2.17 bits per heavy atom. The van der Waals surface area contributed by atoms with Gasteiger partial charge in [-0.15, -0.1) is 0 Å².